The number of nitrogens with zero attached hydrogens (tertiary/aromatic N) is 1. The van der Waals surface area contributed by atoms with Gasteiger partial charge in [-0.1, -0.05) is 36.4 Å². The van der Waals surface area contributed by atoms with Gasteiger partial charge in [0.1, 0.15) is 0 Å². The molecule has 0 aliphatic rings. The Bertz CT molecular complexity index is 549. The Morgan fingerprint density at radius 1 is 1.00 bits per heavy atom. The van der Waals surface area contributed by atoms with Gasteiger partial charge < -0.3 is 10.2 Å². The van der Waals surface area contributed by atoms with Crippen molar-refractivity contribution in [3.8, 4) is 0 Å². The smallest absolute Gasteiger partial charge is 0.0446 e. The van der Waals surface area contributed by atoms with Gasteiger partial charge in [0.2, 0.25) is 0 Å². The van der Waals surface area contributed by atoms with E-state index >= 15 is 0 Å². The van der Waals surface area contributed by atoms with E-state index in [9.17, 15) is 0 Å². The van der Waals surface area contributed by atoms with Gasteiger partial charge in [0.25, 0.3) is 0 Å². The van der Waals surface area contributed by atoms with Gasteiger partial charge >= 0.3 is 0 Å². The van der Waals surface area contributed by atoms with Crippen molar-refractivity contribution in [2.45, 2.75) is 33.2 Å². The first-order chi connectivity index (χ1) is 9.51. The molecule has 2 aromatic rings. The van der Waals surface area contributed by atoms with Crippen molar-refractivity contribution in [3.63, 3.8) is 0 Å². The molecular weight excluding hydrogens is 244 g/mol. The second-order valence-corrected chi connectivity index (χ2v) is 6.25. The summed E-state index contributed by atoms with van der Waals surface area (Å²) in [5, 5.41) is 6.22. The molecule has 0 bridgehead atoms. The van der Waals surface area contributed by atoms with Crippen molar-refractivity contribution in [2.75, 3.05) is 24.5 Å². The third kappa shape index (κ3) is 3.73. The maximum absolute atomic E-state index is 3.56. The van der Waals surface area contributed by atoms with Crippen molar-refractivity contribution in [2.24, 2.45) is 0 Å². The maximum atomic E-state index is 3.56. The summed E-state index contributed by atoms with van der Waals surface area (Å²) in [7, 11) is 0. The molecule has 108 valence electrons. The van der Waals surface area contributed by atoms with Crippen molar-refractivity contribution in [1.82, 2.24) is 5.32 Å². The predicted molar refractivity (Wildman–Crippen MR) is 89.6 cm³/mol. The lowest BCUT2D eigenvalue weighted by atomic mass is 10.1. The molecule has 0 saturated heterocycles. The van der Waals surface area contributed by atoms with Crippen LogP contribution >= 0.6 is 0 Å². The minimum Gasteiger partial charge on any atom is -0.370 e. The molecule has 0 heterocycles. The minimum atomic E-state index is 0.179. The van der Waals surface area contributed by atoms with Gasteiger partial charge in [0.05, 0.1) is 0 Å². The number of fused-ring (bicyclic) bond motifs is 1. The van der Waals surface area contributed by atoms with Crippen LogP contribution in [-0.2, 0) is 0 Å². The Morgan fingerprint density at radius 3 is 2.40 bits per heavy atom. The molecule has 0 aliphatic heterocycles. The Hall–Kier alpha value is -1.54. The van der Waals surface area contributed by atoms with Gasteiger partial charge in [-0.3, -0.25) is 0 Å². The zero-order chi connectivity index (χ0) is 14.6. The van der Waals surface area contributed by atoms with Crippen LogP contribution in [-0.4, -0.2) is 25.2 Å². The van der Waals surface area contributed by atoms with Crippen LogP contribution in [0.5, 0.6) is 0 Å². The number of rotatable bonds is 5. The lowest BCUT2D eigenvalue weighted by Crippen LogP contribution is -2.41. The molecule has 0 amide bonds. The predicted octanol–water partition coefficient (Wildman–Crippen LogP) is 4.05. The molecule has 0 unspecified atom stereocenters. The number of nitrogens with one attached hydrogen (secondary N) is 1. The van der Waals surface area contributed by atoms with Crippen molar-refractivity contribution < 1.29 is 0 Å². The first kappa shape index (κ1) is 14.9. The van der Waals surface area contributed by atoms with Gasteiger partial charge in [0, 0.05) is 36.2 Å². The molecule has 0 radical (unpaired) electrons. The van der Waals surface area contributed by atoms with E-state index in [1.165, 1.54) is 16.5 Å². The molecule has 2 aromatic carbocycles. The summed E-state index contributed by atoms with van der Waals surface area (Å²) in [6, 6.07) is 15.2. The van der Waals surface area contributed by atoms with E-state index in [0.717, 1.165) is 19.6 Å². The summed E-state index contributed by atoms with van der Waals surface area (Å²) in [5.41, 5.74) is 1.51. The fraction of sp³-hybridized carbons (Fsp3) is 0.444. The fourth-order valence-corrected chi connectivity index (χ4v) is 2.50. The van der Waals surface area contributed by atoms with Gasteiger partial charge in [-0.15, -0.1) is 0 Å². The molecular formula is C18H26N2. The number of anilines is 1. The van der Waals surface area contributed by atoms with E-state index in [4.69, 9.17) is 0 Å². The third-order valence-electron chi connectivity index (χ3n) is 3.53. The largest absolute Gasteiger partial charge is 0.370 e. The van der Waals surface area contributed by atoms with Crippen molar-refractivity contribution in [3.05, 3.63) is 42.5 Å². The van der Waals surface area contributed by atoms with Gasteiger partial charge in [-0.05, 0) is 39.1 Å². The van der Waals surface area contributed by atoms with E-state index in [1.54, 1.807) is 0 Å². The second kappa shape index (κ2) is 6.27. The standard InChI is InChI=1S/C18H26N2/c1-5-20(14-13-19-18(2,3)4)17-12-8-10-15-9-6-7-11-16(15)17/h6-12,19H,5,13-14H2,1-4H3. The molecule has 20 heavy (non-hydrogen) atoms. The topological polar surface area (TPSA) is 15.3 Å². The fourth-order valence-electron chi connectivity index (χ4n) is 2.50. The van der Waals surface area contributed by atoms with Gasteiger partial charge in [-0.25, -0.2) is 0 Å². The van der Waals surface area contributed by atoms with Gasteiger partial charge in [0.15, 0.2) is 0 Å². The Morgan fingerprint density at radius 2 is 1.70 bits per heavy atom. The van der Waals surface area contributed by atoms with Crippen molar-refractivity contribution >= 4 is 16.5 Å². The van der Waals surface area contributed by atoms with Crippen LogP contribution in [0, 0.1) is 0 Å². The number of hydrogen-bond donors (Lipinski definition) is 1. The van der Waals surface area contributed by atoms with Crippen molar-refractivity contribution in [1.29, 1.82) is 0 Å². The zero-order valence-electron chi connectivity index (χ0n) is 13.1. The monoisotopic (exact) mass is 270 g/mol. The highest BCUT2D eigenvalue weighted by Gasteiger charge is 2.11. The maximum Gasteiger partial charge on any atom is 0.0446 e. The highest BCUT2D eigenvalue weighted by molar-refractivity contribution is 5.94. The molecule has 0 fully saturated rings. The van der Waals surface area contributed by atoms with Crippen LogP contribution in [0.1, 0.15) is 27.7 Å². The van der Waals surface area contributed by atoms with Crippen LogP contribution < -0.4 is 10.2 Å². The quantitative estimate of drug-likeness (QED) is 0.881. The van der Waals surface area contributed by atoms with E-state index in [0.29, 0.717) is 0 Å². The molecule has 0 saturated carbocycles. The Balaban J connectivity index is 2.17. The molecule has 2 heteroatoms. The molecule has 1 N–H and O–H groups in total. The summed E-state index contributed by atoms with van der Waals surface area (Å²) in [5.74, 6) is 0. The summed E-state index contributed by atoms with van der Waals surface area (Å²) in [4.78, 5) is 2.45. The van der Waals surface area contributed by atoms with E-state index in [2.05, 4.69) is 80.4 Å². The van der Waals surface area contributed by atoms with Crippen LogP contribution in [0.3, 0.4) is 0 Å². The normalized spacial score (nSPS) is 11.8. The highest BCUT2D eigenvalue weighted by Crippen LogP contribution is 2.26. The van der Waals surface area contributed by atoms with E-state index < -0.39 is 0 Å². The Labute approximate surface area is 122 Å². The Kier molecular flexibility index (Phi) is 4.66. The number of benzene rings is 2. The number of likely N-dealkylation sites (N-methyl/N-ethyl adjacent to an activating group) is 1. The summed E-state index contributed by atoms with van der Waals surface area (Å²) < 4.78 is 0. The van der Waals surface area contributed by atoms with E-state index in [1.807, 2.05) is 0 Å². The van der Waals surface area contributed by atoms with Gasteiger partial charge in [-0.2, -0.15) is 0 Å². The van der Waals surface area contributed by atoms with Crippen LogP contribution in [0.4, 0.5) is 5.69 Å². The highest BCUT2D eigenvalue weighted by atomic mass is 15.1. The molecule has 2 nitrogen and oxygen atoms in total. The lowest BCUT2D eigenvalue weighted by molar-refractivity contribution is 0.429. The van der Waals surface area contributed by atoms with Crippen LogP contribution in [0.25, 0.3) is 10.8 Å². The average Bonchev–Trinajstić information content (AvgIpc) is 2.42. The first-order valence-electron chi connectivity index (χ1n) is 7.49. The van der Waals surface area contributed by atoms with Crippen LogP contribution in [0.15, 0.2) is 42.5 Å². The molecule has 0 aromatic heterocycles. The average molecular weight is 270 g/mol. The zero-order valence-corrected chi connectivity index (χ0v) is 13.1. The summed E-state index contributed by atoms with van der Waals surface area (Å²) >= 11 is 0. The number of hydrogen-bond acceptors (Lipinski definition) is 2. The second-order valence-electron chi connectivity index (χ2n) is 6.25. The first-order valence-corrected chi connectivity index (χ1v) is 7.49. The van der Waals surface area contributed by atoms with E-state index in [-0.39, 0.29) is 5.54 Å². The van der Waals surface area contributed by atoms with Crippen LogP contribution in [0.2, 0.25) is 0 Å². The summed E-state index contributed by atoms with van der Waals surface area (Å²) in [6.07, 6.45) is 0. The SMILES string of the molecule is CCN(CCNC(C)(C)C)c1cccc2ccccc12. The molecule has 0 aliphatic carbocycles. The molecule has 0 spiro atoms. The molecule has 0 atom stereocenters. The minimum absolute atomic E-state index is 0.179. The molecule has 2 rings (SSSR count). The third-order valence-corrected chi connectivity index (χ3v) is 3.53. The summed E-state index contributed by atoms with van der Waals surface area (Å²) in [6.45, 7) is 11.9. The lowest BCUT2D eigenvalue weighted by Gasteiger charge is -2.27.